The van der Waals surface area contributed by atoms with Crippen molar-refractivity contribution in [2.45, 2.75) is 13.3 Å². The molecule has 0 aliphatic rings. The van der Waals surface area contributed by atoms with Crippen molar-refractivity contribution in [3.8, 4) is 0 Å². The van der Waals surface area contributed by atoms with E-state index in [1.807, 2.05) is 0 Å². The third kappa shape index (κ3) is 2.48. The Balaban J connectivity index is 1.90. The Labute approximate surface area is 115 Å². The predicted molar refractivity (Wildman–Crippen MR) is 75.8 cm³/mol. The molecule has 3 rings (SSSR count). The molecule has 0 spiro atoms. The van der Waals surface area contributed by atoms with Crippen LogP contribution in [0.2, 0.25) is 0 Å². The van der Waals surface area contributed by atoms with E-state index in [4.69, 9.17) is 0 Å². The molecule has 102 valence electrons. The number of aromatic nitrogens is 6. The number of rotatable bonds is 5. The second-order valence-electron chi connectivity index (χ2n) is 4.13. The third-order valence-corrected chi connectivity index (χ3v) is 2.63. The van der Waals surface area contributed by atoms with Gasteiger partial charge >= 0.3 is 0 Å². The number of nitrogens with one attached hydrogen (secondary N) is 3. The molecule has 0 saturated heterocycles. The zero-order valence-corrected chi connectivity index (χ0v) is 11.0. The van der Waals surface area contributed by atoms with Gasteiger partial charge in [-0.2, -0.15) is 4.98 Å². The van der Waals surface area contributed by atoms with E-state index in [0.29, 0.717) is 17.5 Å². The molecule has 0 unspecified atom stereocenters. The third-order valence-electron chi connectivity index (χ3n) is 2.63. The molecule has 20 heavy (non-hydrogen) atoms. The van der Waals surface area contributed by atoms with Crippen molar-refractivity contribution in [3.63, 3.8) is 0 Å². The fourth-order valence-electron chi connectivity index (χ4n) is 1.73. The summed E-state index contributed by atoms with van der Waals surface area (Å²) >= 11 is 0. The van der Waals surface area contributed by atoms with Crippen LogP contribution in [-0.4, -0.2) is 36.4 Å². The molecule has 0 aromatic carbocycles. The molecule has 0 saturated carbocycles. The predicted octanol–water partition coefficient (Wildman–Crippen LogP) is 1.71. The normalized spacial score (nSPS) is 10.7. The average Bonchev–Trinajstić information content (AvgIpc) is 2.89. The van der Waals surface area contributed by atoms with Crippen molar-refractivity contribution in [2.24, 2.45) is 0 Å². The highest BCUT2D eigenvalue weighted by molar-refractivity contribution is 5.84. The number of aromatic amines is 1. The topological polar surface area (TPSA) is 104 Å². The second-order valence-corrected chi connectivity index (χ2v) is 4.13. The van der Waals surface area contributed by atoms with Crippen LogP contribution in [0.4, 0.5) is 17.7 Å². The van der Waals surface area contributed by atoms with Crippen LogP contribution in [-0.2, 0) is 0 Å². The summed E-state index contributed by atoms with van der Waals surface area (Å²) in [5, 5.41) is 6.23. The van der Waals surface area contributed by atoms with Crippen LogP contribution in [0.15, 0.2) is 24.8 Å². The molecule has 8 nitrogen and oxygen atoms in total. The van der Waals surface area contributed by atoms with Crippen LogP contribution in [0.25, 0.3) is 11.2 Å². The van der Waals surface area contributed by atoms with E-state index in [0.717, 1.165) is 24.3 Å². The number of fused-ring (bicyclic) bond motifs is 1. The average molecular weight is 270 g/mol. The van der Waals surface area contributed by atoms with Crippen LogP contribution in [0.1, 0.15) is 13.3 Å². The van der Waals surface area contributed by atoms with Crippen molar-refractivity contribution in [1.29, 1.82) is 0 Å². The van der Waals surface area contributed by atoms with E-state index in [-0.39, 0.29) is 0 Å². The molecular weight excluding hydrogens is 256 g/mol. The number of anilines is 3. The van der Waals surface area contributed by atoms with E-state index < -0.39 is 0 Å². The quantitative estimate of drug-likeness (QED) is 0.648. The zero-order valence-electron chi connectivity index (χ0n) is 11.0. The standard InChI is InChI=1S/C12H14N8/c1-2-4-13-9-8-10(17-7-16-9)19-12(18-8)20-11-14-5-3-6-15-11/h3,5-7H,2,4H2,1H3,(H3,13,14,15,16,17,18,19,20). The molecule has 0 fully saturated rings. The van der Waals surface area contributed by atoms with E-state index in [2.05, 4.69) is 47.5 Å². The van der Waals surface area contributed by atoms with Gasteiger partial charge < -0.3 is 10.3 Å². The lowest BCUT2D eigenvalue weighted by Gasteiger charge is -2.02. The Morgan fingerprint density at radius 2 is 2.00 bits per heavy atom. The van der Waals surface area contributed by atoms with Crippen LogP contribution in [0, 0.1) is 0 Å². The molecule has 0 aliphatic heterocycles. The second kappa shape index (κ2) is 5.47. The van der Waals surface area contributed by atoms with Gasteiger partial charge in [0.15, 0.2) is 11.5 Å². The van der Waals surface area contributed by atoms with Gasteiger partial charge in [-0.15, -0.1) is 0 Å². The van der Waals surface area contributed by atoms with Gasteiger partial charge in [-0.3, -0.25) is 5.32 Å². The Morgan fingerprint density at radius 1 is 1.15 bits per heavy atom. The minimum atomic E-state index is 0.475. The molecule has 3 heterocycles. The molecule has 0 radical (unpaired) electrons. The summed E-state index contributed by atoms with van der Waals surface area (Å²) in [5.41, 5.74) is 1.36. The highest BCUT2D eigenvalue weighted by atomic mass is 15.2. The summed E-state index contributed by atoms with van der Waals surface area (Å²) in [5.74, 6) is 1.75. The van der Waals surface area contributed by atoms with Gasteiger partial charge in [-0.25, -0.2) is 19.9 Å². The fraction of sp³-hybridized carbons (Fsp3) is 0.250. The van der Waals surface area contributed by atoms with Gasteiger partial charge in [0, 0.05) is 18.9 Å². The van der Waals surface area contributed by atoms with E-state index in [1.165, 1.54) is 6.33 Å². The smallest absolute Gasteiger partial charge is 0.229 e. The molecule has 3 aromatic heterocycles. The molecule has 0 atom stereocenters. The summed E-state index contributed by atoms with van der Waals surface area (Å²) < 4.78 is 0. The molecule has 0 aliphatic carbocycles. The molecule has 0 bridgehead atoms. The number of hydrogen-bond donors (Lipinski definition) is 3. The maximum atomic E-state index is 4.34. The number of hydrogen-bond acceptors (Lipinski definition) is 7. The maximum absolute atomic E-state index is 4.34. The van der Waals surface area contributed by atoms with Crippen molar-refractivity contribution >= 4 is 28.9 Å². The summed E-state index contributed by atoms with van der Waals surface area (Å²) in [4.78, 5) is 24.0. The van der Waals surface area contributed by atoms with E-state index in [1.54, 1.807) is 18.5 Å². The van der Waals surface area contributed by atoms with Gasteiger partial charge in [0.2, 0.25) is 11.9 Å². The summed E-state index contributed by atoms with van der Waals surface area (Å²) in [6.07, 6.45) is 5.82. The monoisotopic (exact) mass is 270 g/mol. The minimum absolute atomic E-state index is 0.475. The lowest BCUT2D eigenvalue weighted by Crippen LogP contribution is -2.02. The Kier molecular flexibility index (Phi) is 3.36. The maximum Gasteiger partial charge on any atom is 0.229 e. The van der Waals surface area contributed by atoms with Crippen LogP contribution < -0.4 is 10.6 Å². The van der Waals surface area contributed by atoms with Crippen molar-refractivity contribution in [1.82, 2.24) is 29.9 Å². The first-order chi connectivity index (χ1) is 9.86. The zero-order chi connectivity index (χ0) is 13.8. The number of nitrogens with zero attached hydrogens (tertiary/aromatic N) is 5. The Hall–Kier alpha value is -2.77. The Bertz CT molecular complexity index is 693. The van der Waals surface area contributed by atoms with Crippen LogP contribution >= 0.6 is 0 Å². The van der Waals surface area contributed by atoms with Crippen molar-refractivity contribution in [2.75, 3.05) is 17.2 Å². The first-order valence-electron chi connectivity index (χ1n) is 6.35. The van der Waals surface area contributed by atoms with Gasteiger partial charge in [0.25, 0.3) is 0 Å². The lowest BCUT2D eigenvalue weighted by atomic mass is 10.4. The molecule has 3 N–H and O–H groups in total. The van der Waals surface area contributed by atoms with Crippen molar-refractivity contribution < 1.29 is 0 Å². The molecular formula is C12H14N8. The SMILES string of the molecule is CCCNc1ncnc2nc(Nc3ncccn3)[nH]c12. The minimum Gasteiger partial charge on any atom is -0.368 e. The van der Waals surface area contributed by atoms with E-state index in [9.17, 15) is 0 Å². The lowest BCUT2D eigenvalue weighted by molar-refractivity contribution is 0.968. The van der Waals surface area contributed by atoms with Gasteiger partial charge in [-0.05, 0) is 12.5 Å². The van der Waals surface area contributed by atoms with Crippen molar-refractivity contribution in [3.05, 3.63) is 24.8 Å². The van der Waals surface area contributed by atoms with Crippen LogP contribution in [0.5, 0.6) is 0 Å². The molecule has 3 aromatic rings. The summed E-state index contributed by atoms with van der Waals surface area (Å²) in [7, 11) is 0. The largest absolute Gasteiger partial charge is 0.368 e. The number of imidazole rings is 1. The molecule has 0 amide bonds. The first-order valence-corrected chi connectivity index (χ1v) is 6.35. The Morgan fingerprint density at radius 3 is 2.80 bits per heavy atom. The number of H-pyrrole nitrogens is 1. The fourth-order valence-corrected chi connectivity index (χ4v) is 1.73. The highest BCUT2D eigenvalue weighted by Crippen LogP contribution is 2.19. The van der Waals surface area contributed by atoms with Crippen LogP contribution in [0.3, 0.4) is 0 Å². The summed E-state index contributed by atoms with van der Waals surface area (Å²) in [6.45, 7) is 2.94. The van der Waals surface area contributed by atoms with Gasteiger partial charge in [-0.1, -0.05) is 6.92 Å². The van der Waals surface area contributed by atoms with Gasteiger partial charge in [0.05, 0.1) is 0 Å². The van der Waals surface area contributed by atoms with E-state index >= 15 is 0 Å². The summed E-state index contributed by atoms with van der Waals surface area (Å²) in [6, 6.07) is 1.75. The highest BCUT2D eigenvalue weighted by Gasteiger charge is 2.09. The molecule has 8 heteroatoms. The van der Waals surface area contributed by atoms with Gasteiger partial charge in [0.1, 0.15) is 11.8 Å². The first kappa shape index (κ1) is 12.3.